The summed E-state index contributed by atoms with van der Waals surface area (Å²) in [6.45, 7) is 3.98. The zero-order valence-electron chi connectivity index (χ0n) is 10.3. The van der Waals surface area contributed by atoms with Crippen LogP contribution in [-0.2, 0) is 0 Å². The van der Waals surface area contributed by atoms with Crippen LogP contribution in [0.1, 0.15) is 24.9 Å². The monoisotopic (exact) mass is 238 g/mol. The largest absolute Gasteiger partial charge is 0.508 e. The molecule has 2 N–H and O–H groups in total. The van der Waals surface area contributed by atoms with Gasteiger partial charge in [-0.2, -0.15) is 0 Å². The van der Waals surface area contributed by atoms with Crippen LogP contribution in [0.2, 0.25) is 0 Å². The molecule has 1 saturated heterocycles. The zero-order chi connectivity index (χ0) is 12.4. The second-order valence-corrected chi connectivity index (χ2v) is 4.69. The van der Waals surface area contributed by atoms with E-state index in [1.165, 1.54) is 12.1 Å². The van der Waals surface area contributed by atoms with Gasteiger partial charge in [0.1, 0.15) is 11.6 Å². The van der Waals surface area contributed by atoms with Gasteiger partial charge in [0.05, 0.1) is 0 Å². The van der Waals surface area contributed by atoms with Crippen molar-refractivity contribution < 1.29 is 9.50 Å². The third kappa shape index (κ3) is 2.58. The predicted molar refractivity (Wildman–Crippen MR) is 65.5 cm³/mol. The molecule has 0 aliphatic carbocycles. The minimum absolute atomic E-state index is 0.0144. The van der Waals surface area contributed by atoms with Crippen LogP contribution < -0.4 is 5.32 Å². The number of phenolic OH excluding ortho intramolecular Hbond substituents is 1. The fraction of sp³-hybridized carbons (Fsp3) is 0.538. The second-order valence-electron chi connectivity index (χ2n) is 4.69. The summed E-state index contributed by atoms with van der Waals surface area (Å²) >= 11 is 0. The number of hydrogen-bond donors (Lipinski definition) is 2. The minimum atomic E-state index is -0.338. The number of nitrogens with one attached hydrogen (secondary N) is 1. The Hall–Kier alpha value is -1.13. The van der Waals surface area contributed by atoms with Gasteiger partial charge < -0.3 is 10.4 Å². The Bertz CT molecular complexity index is 391. The molecule has 0 amide bonds. The van der Waals surface area contributed by atoms with Crippen molar-refractivity contribution in [3.63, 3.8) is 0 Å². The number of aromatic hydroxyl groups is 1. The third-order valence-electron chi connectivity index (χ3n) is 3.66. The summed E-state index contributed by atoms with van der Waals surface area (Å²) in [5.41, 5.74) is 0.636. The first-order chi connectivity index (χ1) is 8.09. The van der Waals surface area contributed by atoms with Crippen molar-refractivity contribution in [1.82, 2.24) is 10.2 Å². The normalized spacial score (nSPS) is 22.0. The van der Waals surface area contributed by atoms with E-state index in [1.807, 2.05) is 14.0 Å². The fourth-order valence-corrected chi connectivity index (χ4v) is 2.38. The summed E-state index contributed by atoms with van der Waals surface area (Å²) < 4.78 is 13.7. The molecule has 2 unspecified atom stereocenters. The minimum Gasteiger partial charge on any atom is -0.508 e. The Morgan fingerprint density at radius 1 is 1.53 bits per heavy atom. The van der Waals surface area contributed by atoms with Crippen LogP contribution in [0.3, 0.4) is 0 Å². The van der Waals surface area contributed by atoms with Gasteiger partial charge in [-0.05, 0) is 33.0 Å². The molecule has 2 atom stereocenters. The van der Waals surface area contributed by atoms with Gasteiger partial charge in [-0.1, -0.05) is 6.07 Å². The van der Waals surface area contributed by atoms with Crippen molar-refractivity contribution in [2.45, 2.75) is 25.4 Å². The van der Waals surface area contributed by atoms with E-state index < -0.39 is 0 Å². The van der Waals surface area contributed by atoms with Crippen LogP contribution in [0.15, 0.2) is 18.2 Å². The summed E-state index contributed by atoms with van der Waals surface area (Å²) in [5.74, 6) is -0.362. The Kier molecular flexibility index (Phi) is 3.64. The lowest BCUT2D eigenvalue weighted by molar-refractivity contribution is 0.193. The highest BCUT2D eigenvalue weighted by atomic mass is 19.1. The smallest absolute Gasteiger partial charge is 0.131 e. The van der Waals surface area contributed by atoms with Crippen LogP contribution in [0.5, 0.6) is 5.75 Å². The molecule has 0 saturated carbocycles. The van der Waals surface area contributed by atoms with Crippen LogP contribution in [0, 0.1) is 5.82 Å². The van der Waals surface area contributed by atoms with Crippen molar-refractivity contribution in [3.8, 4) is 5.75 Å². The van der Waals surface area contributed by atoms with Gasteiger partial charge in [0.2, 0.25) is 0 Å². The van der Waals surface area contributed by atoms with Gasteiger partial charge in [-0.25, -0.2) is 4.39 Å². The van der Waals surface area contributed by atoms with E-state index in [0.717, 1.165) is 19.5 Å². The first-order valence-corrected chi connectivity index (χ1v) is 6.00. The van der Waals surface area contributed by atoms with E-state index >= 15 is 0 Å². The van der Waals surface area contributed by atoms with Crippen LogP contribution in [0.4, 0.5) is 4.39 Å². The molecule has 1 aromatic rings. The lowest BCUT2D eigenvalue weighted by atomic mass is 10.0. The lowest BCUT2D eigenvalue weighted by Gasteiger charge is -2.30. The third-order valence-corrected chi connectivity index (χ3v) is 3.66. The number of rotatable bonds is 3. The fourth-order valence-electron chi connectivity index (χ4n) is 2.38. The molecule has 0 bridgehead atoms. The van der Waals surface area contributed by atoms with Gasteiger partial charge in [-0.15, -0.1) is 0 Å². The number of nitrogens with zero attached hydrogens (tertiary/aromatic N) is 1. The molecular weight excluding hydrogens is 219 g/mol. The number of likely N-dealkylation sites (N-methyl/N-ethyl adjacent to an activating group) is 1. The molecule has 1 fully saturated rings. The first-order valence-electron chi connectivity index (χ1n) is 6.00. The highest BCUT2D eigenvalue weighted by Crippen LogP contribution is 2.27. The van der Waals surface area contributed by atoms with Crippen molar-refractivity contribution in [2.75, 3.05) is 20.1 Å². The molecule has 0 aromatic heterocycles. The quantitative estimate of drug-likeness (QED) is 0.844. The maximum Gasteiger partial charge on any atom is 0.131 e. The van der Waals surface area contributed by atoms with E-state index in [-0.39, 0.29) is 17.6 Å². The summed E-state index contributed by atoms with van der Waals surface area (Å²) in [6.07, 6.45) is 1.10. The van der Waals surface area contributed by atoms with Gasteiger partial charge in [-0.3, -0.25) is 4.90 Å². The van der Waals surface area contributed by atoms with Crippen LogP contribution in [0.25, 0.3) is 0 Å². The Balaban J connectivity index is 2.15. The Morgan fingerprint density at radius 3 is 2.88 bits per heavy atom. The van der Waals surface area contributed by atoms with E-state index in [4.69, 9.17) is 0 Å². The average Bonchev–Trinajstić information content (AvgIpc) is 2.80. The highest BCUT2D eigenvalue weighted by Gasteiger charge is 2.25. The Morgan fingerprint density at radius 2 is 2.29 bits per heavy atom. The molecular formula is C13H19FN2O. The van der Waals surface area contributed by atoms with Gasteiger partial charge in [0, 0.05) is 30.3 Å². The number of hydrogen-bond acceptors (Lipinski definition) is 3. The van der Waals surface area contributed by atoms with Crippen LogP contribution >= 0.6 is 0 Å². The topological polar surface area (TPSA) is 35.5 Å². The maximum atomic E-state index is 13.7. The van der Waals surface area contributed by atoms with Crippen molar-refractivity contribution in [1.29, 1.82) is 0 Å². The molecule has 0 radical (unpaired) electrons. The molecule has 1 heterocycles. The van der Waals surface area contributed by atoms with E-state index in [2.05, 4.69) is 10.2 Å². The maximum absolute atomic E-state index is 13.7. The summed E-state index contributed by atoms with van der Waals surface area (Å²) in [4.78, 5) is 2.19. The van der Waals surface area contributed by atoms with Gasteiger partial charge in [0.25, 0.3) is 0 Å². The standard InChI is InChI=1S/C13H19FN2O/c1-9(16(2)10-5-6-15-8-10)12-4-3-11(17)7-13(12)14/h3-4,7,9-10,15,17H,5-6,8H2,1-2H3. The highest BCUT2D eigenvalue weighted by molar-refractivity contribution is 5.29. The zero-order valence-corrected chi connectivity index (χ0v) is 10.3. The molecule has 4 heteroatoms. The molecule has 17 heavy (non-hydrogen) atoms. The molecule has 0 spiro atoms. The molecule has 94 valence electrons. The van der Waals surface area contributed by atoms with E-state index in [9.17, 15) is 9.50 Å². The van der Waals surface area contributed by atoms with E-state index in [1.54, 1.807) is 6.07 Å². The van der Waals surface area contributed by atoms with Crippen molar-refractivity contribution in [3.05, 3.63) is 29.6 Å². The molecule has 1 aliphatic heterocycles. The second kappa shape index (κ2) is 5.02. The number of halogens is 1. The average molecular weight is 238 g/mol. The van der Waals surface area contributed by atoms with Gasteiger partial charge >= 0.3 is 0 Å². The first kappa shape index (κ1) is 12.3. The summed E-state index contributed by atoms with van der Waals surface area (Å²) in [5, 5.41) is 12.5. The summed E-state index contributed by atoms with van der Waals surface area (Å²) in [7, 11) is 2.02. The summed E-state index contributed by atoms with van der Waals surface area (Å²) in [6, 6.07) is 4.84. The molecule has 2 rings (SSSR count). The van der Waals surface area contributed by atoms with Crippen molar-refractivity contribution in [2.24, 2.45) is 0 Å². The van der Waals surface area contributed by atoms with Crippen molar-refractivity contribution >= 4 is 0 Å². The number of phenols is 1. The predicted octanol–water partition coefficient (Wildman–Crippen LogP) is 1.89. The van der Waals surface area contributed by atoms with Crippen LogP contribution in [-0.4, -0.2) is 36.2 Å². The van der Waals surface area contributed by atoms with Gasteiger partial charge in [0.15, 0.2) is 0 Å². The molecule has 3 nitrogen and oxygen atoms in total. The molecule has 1 aliphatic rings. The molecule has 1 aromatic carbocycles. The lowest BCUT2D eigenvalue weighted by Crippen LogP contribution is -2.35. The number of benzene rings is 1. The van der Waals surface area contributed by atoms with E-state index in [0.29, 0.717) is 11.6 Å². The Labute approximate surface area is 101 Å². The SMILES string of the molecule is CC(c1ccc(O)cc1F)N(C)C1CCNC1.